The Morgan fingerprint density at radius 2 is 1.56 bits per heavy atom. The van der Waals surface area contributed by atoms with Gasteiger partial charge in [0.15, 0.2) is 0 Å². The van der Waals surface area contributed by atoms with E-state index in [2.05, 4.69) is 5.32 Å². The van der Waals surface area contributed by atoms with Gasteiger partial charge in [0.25, 0.3) is 10.0 Å². The number of amides is 2. The Morgan fingerprint density at radius 3 is 2.15 bits per heavy atom. The summed E-state index contributed by atoms with van der Waals surface area (Å²) in [5, 5.41) is 3.28. The summed E-state index contributed by atoms with van der Waals surface area (Å²) in [6.07, 6.45) is 0.359. The predicted octanol–water partition coefficient (Wildman–Crippen LogP) is 5.48. The summed E-state index contributed by atoms with van der Waals surface area (Å²) >= 11 is 6.37. The van der Waals surface area contributed by atoms with Crippen LogP contribution in [0, 0.1) is 13.8 Å². The molecule has 0 saturated carbocycles. The van der Waals surface area contributed by atoms with E-state index in [-0.39, 0.29) is 29.1 Å². The predicted molar refractivity (Wildman–Crippen MR) is 156 cm³/mol. The molecule has 208 valence electrons. The zero-order chi connectivity index (χ0) is 28.7. The number of aryl methyl sites for hydroxylation is 2. The second kappa shape index (κ2) is 13.1. The van der Waals surface area contributed by atoms with Crippen LogP contribution in [0.2, 0.25) is 5.02 Å². The number of anilines is 1. The Hall–Kier alpha value is -3.36. The second-order valence-corrected chi connectivity index (χ2v) is 12.1. The number of rotatable bonds is 11. The Kier molecular flexibility index (Phi) is 10.2. The van der Waals surface area contributed by atoms with Crippen LogP contribution in [0.1, 0.15) is 43.9 Å². The van der Waals surface area contributed by atoms with Gasteiger partial charge in [-0.3, -0.25) is 13.9 Å². The first-order chi connectivity index (χ1) is 18.4. The summed E-state index contributed by atoms with van der Waals surface area (Å²) in [4.78, 5) is 28.8. The van der Waals surface area contributed by atoms with E-state index in [4.69, 9.17) is 11.6 Å². The lowest BCUT2D eigenvalue weighted by Crippen LogP contribution is -2.53. The van der Waals surface area contributed by atoms with Gasteiger partial charge >= 0.3 is 0 Å². The SMILES string of the molecule is CC[C@@H](C(=O)NC(C)C)N(Cc1ccccc1C)C(=O)CN(c1ccc(C)c(Cl)c1)S(=O)(=O)c1ccccc1. The molecule has 0 aliphatic rings. The lowest BCUT2D eigenvalue weighted by molar-refractivity contribution is -0.140. The zero-order valence-electron chi connectivity index (χ0n) is 23.0. The molecule has 1 atom stereocenters. The van der Waals surface area contributed by atoms with Crippen molar-refractivity contribution < 1.29 is 18.0 Å². The molecule has 39 heavy (non-hydrogen) atoms. The standard InChI is InChI=1S/C30H36ClN3O4S/c1-6-28(30(36)32-21(2)3)33(19-24-13-11-10-12-22(24)4)29(35)20-34(25-17-16-23(5)27(31)18-25)39(37,38)26-14-8-7-9-15-26/h7-18,21,28H,6,19-20H2,1-5H3,(H,32,36)/t28-/m0/s1. The summed E-state index contributed by atoms with van der Waals surface area (Å²) in [6.45, 7) is 8.95. The highest BCUT2D eigenvalue weighted by Crippen LogP contribution is 2.29. The third-order valence-electron chi connectivity index (χ3n) is 6.47. The number of nitrogens with one attached hydrogen (secondary N) is 1. The summed E-state index contributed by atoms with van der Waals surface area (Å²) in [6, 6.07) is 19.5. The van der Waals surface area contributed by atoms with Gasteiger partial charge < -0.3 is 10.2 Å². The first kappa shape index (κ1) is 30.2. The molecule has 3 aromatic rings. The molecule has 0 heterocycles. The van der Waals surface area contributed by atoms with Crippen molar-refractivity contribution in [2.24, 2.45) is 0 Å². The fourth-order valence-corrected chi connectivity index (χ4v) is 5.86. The normalized spacial score (nSPS) is 12.2. The topological polar surface area (TPSA) is 86.8 Å². The number of nitrogens with zero attached hydrogens (tertiary/aromatic N) is 2. The third kappa shape index (κ3) is 7.40. The second-order valence-electron chi connectivity index (χ2n) is 9.79. The van der Waals surface area contributed by atoms with Gasteiger partial charge in [-0.1, -0.05) is 67.1 Å². The van der Waals surface area contributed by atoms with Crippen LogP contribution in [0.4, 0.5) is 5.69 Å². The fourth-order valence-electron chi connectivity index (χ4n) is 4.26. The first-order valence-corrected chi connectivity index (χ1v) is 14.8. The zero-order valence-corrected chi connectivity index (χ0v) is 24.6. The van der Waals surface area contributed by atoms with Crippen LogP contribution < -0.4 is 9.62 Å². The molecule has 0 unspecified atom stereocenters. The smallest absolute Gasteiger partial charge is 0.264 e. The average Bonchev–Trinajstić information content (AvgIpc) is 2.89. The van der Waals surface area contributed by atoms with E-state index in [1.54, 1.807) is 36.4 Å². The molecular formula is C30H36ClN3O4S. The maximum Gasteiger partial charge on any atom is 0.264 e. The molecule has 0 bridgehead atoms. The molecule has 0 spiro atoms. The summed E-state index contributed by atoms with van der Waals surface area (Å²) in [5.74, 6) is -0.787. The van der Waals surface area contributed by atoms with Gasteiger partial charge in [0.2, 0.25) is 11.8 Å². The molecule has 0 aliphatic carbocycles. The van der Waals surface area contributed by atoms with E-state index in [0.29, 0.717) is 11.4 Å². The van der Waals surface area contributed by atoms with Gasteiger partial charge in [0.1, 0.15) is 12.6 Å². The quantitative estimate of drug-likeness (QED) is 0.331. The third-order valence-corrected chi connectivity index (χ3v) is 8.67. The molecule has 3 aromatic carbocycles. The van der Waals surface area contributed by atoms with Crippen molar-refractivity contribution in [3.63, 3.8) is 0 Å². The highest BCUT2D eigenvalue weighted by molar-refractivity contribution is 7.92. The minimum Gasteiger partial charge on any atom is -0.352 e. The van der Waals surface area contributed by atoms with Crippen molar-refractivity contribution >= 4 is 39.1 Å². The number of carbonyl (C=O) groups is 2. The van der Waals surface area contributed by atoms with E-state index < -0.39 is 28.5 Å². The van der Waals surface area contributed by atoms with Gasteiger partial charge in [0.05, 0.1) is 10.6 Å². The largest absolute Gasteiger partial charge is 0.352 e. The average molecular weight is 570 g/mol. The maximum absolute atomic E-state index is 14.1. The molecule has 3 rings (SSSR count). The number of halogens is 1. The molecule has 2 amide bonds. The van der Waals surface area contributed by atoms with Crippen LogP contribution in [0.5, 0.6) is 0 Å². The maximum atomic E-state index is 14.1. The van der Waals surface area contributed by atoms with E-state index in [9.17, 15) is 18.0 Å². The molecule has 0 aliphatic heterocycles. The van der Waals surface area contributed by atoms with Crippen molar-refractivity contribution in [3.05, 3.63) is 94.5 Å². The molecule has 0 radical (unpaired) electrons. The van der Waals surface area contributed by atoms with Gasteiger partial charge in [-0.2, -0.15) is 0 Å². The minimum absolute atomic E-state index is 0.0459. The molecule has 9 heteroatoms. The molecular weight excluding hydrogens is 534 g/mol. The van der Waals surface area contributed by atoms with Crippen molar-refractivity contribution in [1.29, 1.82) is 0 Å². The van der Waals surface area contributed by atoms with Gasteiger partial charge in [0, 0.05) is 17.6 Å². The van der Waals surface area contributed by atoms with Crippen molar-refractivity contribution in [2.75, 3.05) is 10.8 Å². The summed E-state index contributed by atoms with van der Waals surface area (Å²) in [5.41, 5.74) is 2.88. The van der Waals surface area contributed by atoms with Crippen molar-refractivity contribution in [2.45, 2.75) is 64.6 Å². The number of sulfonamides is 1. The van der Waals surface area contributed by atoms with E-state index in [1.807, 2.05) is 58.9 Å². The van der Waals surface area contributed by atoms with Crippen LogP contribution in [0.3, 0.4) is 0 Å². The minimum atomic E-state index is -4.14. The number of hydrogen-bond donors (Lipinski definition) is 1. The number of hydrogen-bond acceptors (Lipinski definition) is 4. The molecule has 1 N–H and O–H groups in total. The van der Waals surface area contributed by atoms with E-state index in [1.165, 1.54) is 17.0 Å². The van der Waals surface area contributed by atoms with Crippen molar-refractivity contribution in [3.8, 4) is 0 Å². The lowest BCUT2D eigenvalue weighted by atomic mass is 10.1. The molecule has 0 saturated heterocycles. The molecule has 0 aromatic heterocycles. The highest BCUT2D eigenvalue weighted by Gasteiger charge is 2.34. The van der Waals surface area contributed by atoms with E-state index >= 15 is 0 Å². The van der Waals surface area contributed by atoms with Gasteiger partial charge in [-0.05, 0) is 75.1 Å². The Balaban J connectivity index is 2.09. The van der Waals surface area contributed by atoms with Crippen LogP contribution in [0.25, 0.3) is 0 Å². The Bertz CT molecular complexity index is 1410. The van der Waals surface area contributed by atoms with Crippen LogP contribution >= 0.6 is 11.6 Å². The van der Waals surface area contributed by atoms with Crippen LogP contribution in [0.15, 0.2) is 77.7 Å². The summed E-state index contributed by atoms with van der Waals surface area (Å²) < 4.78 is 28.8. The van der Waals surface area contributed by atoms with Crippen molar-refractivity contribution in [1.82, 2.24) is 10.2 Å². The lowest BCUT2D eigenvalue weighted by Gasteiger charge is -2.34. The Labute approximate surface area is 236 Å². The fraction of sp³-hybridized carbons (Fsp3) is 0.333. The van der Waals surface area contributed by atoms with Crippen LogP contribution in [-0.4, -0.2) is 43.8 Å². The number of carbonyl (C=O) groups excluding carboxylic acids is 2. The van der Waals surface area contributed by atoms with Gasteiger partial charge in [-0.25, -0.2) is 8.42 Å². The summed E-state index contributed by atoms with van der Waals surface area (Å²) in [7, 11) is -4.14. The Morgan fingerprint density at radius 1 is 0.923 bits per heavy atom. The van der Waals surface area contributed by atoms with Crippen LogP contribution in [-0.2, 0) is 26.2 Å². The molecule has 0 fully saturated rings. The first-order valence-electron chi connectivity index (χ1n) is 12.9. The molecule has 7 nitrogen and oxygen atoms in total. The highest BCUT2D eigenvalue weighted by atomic mass is 35.5. The monoisotopic (exact) mass is 569 g/mol. The van der Waals surface area contributed by atoms with Gasteiger partial charge in [-0.15, -0.1) is 0 Å². The number of benzene rings is 3. The van der Waals surface area contributed by atoms with E-state index in [0.717, 1.165) is 21.0 Å².